The summed E-state index contributed by atoms with van der Waals surface area (Å²) in [5.74, 6) is 0.684. The summed E-state index contributed by atoms with van der Waals surface area (Å²) in [6.07, 6.45) is 2.53. The van der Waals surface area contributed by atoms with Crippen molar-refractivity contribution in [3.63, 3.8) is 0 Å². The van der Waals surface area contributed by atoms with Crippen molar-refractivity contribution in [1.82, 2.24) is 14.7 Å². The van der Waals surface area contributed by atoms with Crippen LogP contribution in [0.25, 0.3) is 0 Å². The first-order valence-electron chi connectivity index (χ1n) is 9.01. The number of halogens is 1. The molecule has 4 heteroatoms. The molecule has 2 fully saturated rings. The van der Waals surface area contributed by atoms with Crippen LogP contribution in [0, 0.1) is 11.7 Å². The number of nitrogens with zero attached hydrogens (tertiary/aromatic N) is 3. The molecule has 1 atom stereocenters. The molecule has 1 unspecified atom stereocenters. The van der Waals surface area contributed by atoms with Crippen LogP contribution in [0.4, 0.5) is 4.39 Å². The van der Waals surface area contributed by atoms with E-state index in [1.165, 1.54) is 45.1 Å². The largest absolute Gasteiger partial charge is 0.304 e. The molecule has 0 aliphatic carbocycles. The Balaban J connectivity index is 1.46. The van der Waals surface area contributed by atoms with Gasteiger partial charge in [0.1, 0.15) is 5.82 Å². The van der Waals surface area contributed by atoms with Gasteiger partial charge in [0.2, 0.25) is 0 Å². The molecule has 23 heavy (non-hydrogen) atoms. The summed E-state index contributed by atoms with van der Waals surface area (Å²) in [5.41, 5.74) is 1.09. The molecule has 2 heterocycles. The van der Waals surface area contributed by atoms with Crippen LogP contribution >= 0.6 is 0 Å². The maximum absolute atomic E-state index is 13.3. The van der Waals surface area contributed by atoms with Crippen LogP contribution in [-0.4, -0.2) is 67.1 Å². The first-order chi connectivity index (χ1) is 11.1. The zero-order valence-electron chi connectivity index (χ0n) is 14.5. The van der Waals surface area contributed by atoms with Gasteiger partial charge in [-0.1, -0.05) is 12.1 Å². The maximum Gasteiger partial charge on any atom is 0.123 e. The third-order valence-electron chi connectivity index (χ3n) is 5.72. The minimum absolute atomic E-state index is 0.124. The zero-order chi connectivity index (χ0) is 16.2. The molecular formula is C19H30FN3. The summed E-state index contributed by atoms with van der Waals surface area (Å²) < 4.78 is 13.3. The highest BCUT2D eigenvalue weighted by molar-refractivity contribution is 5.16. The number of piperazine rings is 1. The van der Waals surface area contributed by atoms with Gasteiger partial charge in [-0.15, -0.1) is 0 Å². The molecular weight excluding hydrogens is 289 g/mol. The Labute approximate surface area is 140 Å². The Hall–Kier alpha value is -0.970. The summed E-state index contributed by atoms with van der Waals surface area (Å²) in [7, 11) is 2.22. The van der Waals surface area contributed by atoms with Crippen molar-refractivity contribution >= 4 is 0 Å². The molecule has 1 aromatic rings. The van der Waals surface area contributed by atoms with E-state index in [2.05, 4.69) is 28.7 Å². The van der Waals surface area contributed by atoms with Crippen molar-refractivity contribution in [2.24, 2.45) is 5.92 Å². The second kappa shape index (κ2) is 7.73. The van der Waals surface area contributed by atoms with E-state index in [9.17, 15) is 4.39 Å². The number of hydrogen-bond donors (Lipinski definition) is 0. The number of hydrogen-bond acceptors (Lipinski definition) is 3. The predicted octanol–water partition coefficient (Wildman–Crippen LogP) is 2.67. The fraction of sp³-hybridized carbons (Fsp3) is 0.684. The van der Waals surface area contributed by atoms with Crippen LogP contribution in [0.3, 0.4) is 0 Å². The average Bonchev–Trinajstić information content (AvgIpc) is 2.56. The van der Waals surface area contributed by atoms with Gasteiger partial charge in [0.05, 0.1) is 0 Å². The summed E-state index contributed by atoms with van der Waals surface area (Å²) in [6.45, 7) is 10.4. The van der Waals surface area contributed by atoms with Crippen molar-refractivity contribution in [3.8, 4) is 0 Å². The molecule has 0 radical (unpaired) electrons. The molecule has 0 N–H and O–H groups in total. The van der Waals surface area contributed by atoms with Gasteiger partial charge in [-0.25, -0.2) is 4.39 Å². The monoisotopic (exact) mass is 319 g/mol. The summed E-state index contributed by atoms with van der Waals surface area (Å²) in [4.78, 5) is 7.57. The predicted molar refractivity (Wildman–Crippen MR) is 92.9 cm³/mol. The highest BCUT2D eigenvalue weighted by atomic mass is 19.1. The standard InChI is InChI=1S/C19H30FN3/c1-16(23-12-10-21(2)11-13-23)18-6-8-22(9-7-18)15-17-4-3-5-19(20)14-17/h3-5,14,16,18H,6-13,15H2,1-2H3. The first kappa shape index (κ1) is 16.9. The zero-order valence-corrected chi connectivity index (χ0v) is 14.5. The lowest BCUT2D eigenvalue weighted by molar-refractivity contribution is 0.0598. The van der Waals surface area contributed by atoms with Gasteiger partial charge < -0.3 is 4.90 Å². The molecule has 3 rings (SSSR count). The van der Waals surface area contributed by atoms with Crippen LogP contribution in [0.1, 0.15) is 25.3 Å². The molecule has 2 aliphatic heterocycles. The Morgan fingerprint density at radius 2 is 1.78 bits per heavy atom. The van der Waals surface area contributed by atoms with Gasteiger partial charge in [0.25, 0.3) is 0 Å². The van der Waals surface area contributed by atoms with Gasteiger partial charge >= 0.3 is 0 Å². The van der Waals surface area contributed by atoms with Crippen LogP contribution in [-0.2, 0) is 6.54 Å². The van der Waals surface area contributed by atoms with Crippen molar-refractivity contribution in [2.75, 3.05) is 46.3 Å². The number of rotatable bonds is 4. The Kier molecular flexibility index (Phi) is 5.67. The van der Waals surface area contributed by atoms with E-state index in [0.29, 0.717) is 6.04 Å². The highest BCUT2D eigenvalue weighted by Crippen LogP contribution is 2.25. The summed E-state index contributed by atoms with van der Waals surface area (Å²) in [5, 5.41) is 0. The molecule has 128 valence electrons. The van der Waals surface area contributed by atoms with E-state index < -0.39 is 0 Å². The number of likely N-dealkylation sites (N-methyl/N-ethyl adjacent to an activating group) is 1. The fourth-order valence-electron chi connectivity index (χ4n) is 4.01. The van der Waals surface area contributed by atoms with E-state index in [4.69, 9.17) is 0 Å². The lowest BCUT2D eigenvalue weighted by Gasteiger charge is -2.42. The van der Waals surface area contributed by atoms with Crippen LogP contribution in [0.5, 0.6) is 0 Å². The third-order valence-corrected chi connectivity index (χ3v) is 5.72. The van der Waals surface area contributed by atoms with Gasteiger partial charge in [0, 0.05) is 38.8 Å². The molecule has 0 saturated carbocycles. The van der Waals surface area contributed by atoms with Crippen molar-refractivity contribution < 1.29 is 4.39 Å². The van der Waals surface area contributed by atoms with E-state index in [1.54, 1.807) is 6.07 Å². The second-order valence-electron chi connectivity index (χ2n) is 7.32. The minimum atomic E-state index is -0.124. The Bertz CT molecular complexity index is 491. The van der Waals surface area contributed by atoms with Gasteiger partial charge in [0.15, 0.2) is 0 Å². The molecule has 2 saturated heterocycles. The molecule has 2 aliphatic rings. The van der Waals surface area contributed by atoms with Crippen LogP contribution < -0.4 is 0 Å². The molecule has 3 nitrogen and oxygen atoms in total. The molecule has 0 amide bonds. The quantitative estimate of drug-likeness (QED) is 0.845. The van der Waals surface area contributed by atoms with E-state index in [1.807, 2.05) is 12.1 Å². The van der Waals surface area contributed by atoms with E-state index in [-0.39, 0.29) is 5.82 Å². The Morgan fingerprint density at radius 1 is 1.09 bits per heavy atom. The summed E-state index contributed by atoms with van der Waals surface area (Å²) in [6, 6.07) is 7.72. The van der Waals surface area contributed by atoms with Crippen molar-refractivity contribution in [3.05, 3.63) is 35.6 Å². The SMILES string of the molecule is CC(C1CCN(Cc2cccc(F)c2)CC1)N1CCN(C)CC1. The fourth-order valence-corrected chi connectivity index (χ4v) is 4.01. The maximum atomic E-state index is 13.3. The van der Waals surface area contributed by atoms with Crippen molar-refractivity contribution in [1.29, 1.82) is 0 Å². The molecule has 0 aromatic heterocycles. The van der Waals surface area contributed by atoms with Gasteiger partial charge in [-0.3, -0.25) is 9.80 Å². The van der Waals surface area contributed by atoms with Crippen molar-refractivity contribution in [2.45, 2.75) is 32.4 Å². The van der Waals surface area contributed by atoms with Crippen LogP contribution in [0.2, 0.25) is 0 Å². The highest BCUT2D eigenvalue weighted by Gasteiger charge is 2.29. The third kappa shape index (κ3) is 4.52. The Morgan fingerprint density at radius 3 is 2.43 bits per heavy atom. The summed E-state index contributed by atoms with van der Waals surface area (Å²) >= 11 is 0. The van der Waals surface area contributed by atoms with E-state index >= 15 is 0 Å². The number of likely N-dealkylation sites (tertiary alicyclic amines) is 1. The van der Waals surface area contributed by atoms with Gasteiger partial charge in [-0.2, -0.15) is 0 Å². The normalized spacial score (nSPS) is 24.0. The average molecular weight is 319 g/mol. The second-order valence-corrected chi connectivity index (χ2v) is 7.32. The molecule has 1 aromatic carbocycles. The molecule has 0 bridgehead atoms. The number of benzene rings is 1. The lowest BCUT2D eigenvalue weighted by Crippen LogP contribution is -2.51. The van der Waals surface area contributed by atoms with Gasteiger partial charge in [-0.05, 0) is 63.5 Å². The molecule has 0 spiro atoms. The minimum Gasteiger partial charge on any atom is -0.304 e. The van der Waals surface area contributed by atoms with E-state index in [0.717, 1.165) is 31.1 Å². The first-order valence-corrected chi connectivity index (χ1v) is 9.01. The number of piperidine rings is 1. The lowest BCUT2D eigenvalue weighted by atomic mass is 9.89. The topological polar surface area (TPSA) is 9.72 Å². The van der Waals surface area contributed by atoms with Crippen LogP contribution in [0.15, 0.2) is 24.3 Å². The smallest absolute Gasteiger partial charge is 0.123 e.